The predicted octanol–water partition coefficient (Wildman–Crippen LogP) is 0.516. The summed E-state index contributed by atoms with van der Waals surface area (Å²) in [6.07, 6.45) is 0. The molecule has 1 aliphatic rings. The lowest BCUT2D eigenvalue weighted by molar-refractivity contribution is 0.357. The van der Waals surface area contributed by atoms with Crippen LogP contribution in [0, 0.1) is 5.92 Å². The van der Waals surface area contributed by atoms with Crippen LogP contribution in [0.1, 0.15) is 0 Å². The Balaban J connectivity index is 2.09. The highest BCUT2D eigenvalue weighted by atomic mass is 15.1. The summed E-state index contributed by atoms with van der Waals surface area (Å²) in [5.74, 6) is 0.603. The third kappa shape index (κ3) is 1.12. The van der Waals surface area contributed by atoms with Crippen LogP contribution in [0.15, 0.2) is 5.11 Å². The van der Waals surface area contributed by atoms with E-state index >= 15 is 0 Å². The standard InChI is InChI=1S/C4H8N4/c5-8-7-3-4-1-6-2-4/h4,6H,1-3H2. The maximum Gasteiger partial charge on any atom is 0.0310 e. The lowest BCUT2D eigenvalue weighted by Crippen LogP contribution is -2.43. The van der Waals surface area contributed by atoms with Gasteiger partial charge in [-0.05, 0) is 24.5 Å². The van der Waals surface area contributed by atoms with E-state index in [2.05, 4.69) is 15.3 Å². The smallest absolute Gasteiger partial charge is 0.0310 e. The van der Waals surface area contributed by atoms with Gasteiger partial charge in [-0.25, -0.2) is 0 Å². The van der Waals surface area contributed by atoms with Gasteiger partial charge in [0, 0.05) is 11.5 Å². The molecule has 44 valence electrons. The molecule has 1 aliphatic heterocycles. The van der Waals surface area contributed by atoms with Gasteiger partial charge in [0.15, 0.2) is 0 Å². The molecule has 0 radical (unpaired) electrons. The van der Waals surface area contributed by atoms with E-state index in [0.717, 1.165) is 13.1 Å². The van der Waals surface area contributed by atoms with Crippen molar-refractivity contribution in [2.75, 3.05) is 19.6 Å². The summed E-state index contributed by atoms with van der Waals surface area (Å²) in [6, 6.07) is 0. The van der Waals surface area contributed by atoms with Crippen LogP contribution in [0.4, 0.5) is 0 Å². The highest BCUT2D eigenvalue weighted by Crippen LogP contribution is 2.01. The van der Waals surface area contributed by atoms with Gasteiger partial charge in [-0.15, -0.1) is 0 Å². The molecule has 1 fully saturated rings. The number of rotatable bonds is 2. The Bertz CT molecular complexity index is 111. The number of hydrogen-bond acceptors (Lipinski definition) is 2. The fraction of sp³-hybridized carbons (Fsp3) is 1.00. The number of azide groups is 1. The molecule has 0 saturated carbocycles. The van der Waals surface area contributed by atoms with Crippen molar-refractivity contribution >= 4 is 0 Å². The number of hydrogen-bond donors (Lipinski definition) is 1. The fourth-order valence-electron chi connectivity index (χ4n) is 0.630. The second kappa shape index (κ2) is 2.55. The van der Waals surface area contributed by atoms with Gasteiger partial charge in [-0.3, -0.25) is 0 Å². The van der Waals surface area contributed by atoms with E-state index in [0.29, 0.717) is 12.5 Å². The zero-order valence-electron chi connectivity index (χ0n) is 4.54. The first-order valence-electron chi connectivity index (χ1n) is 2.65. The van der Waals surface area contributed by atoms with Crippen LogP contribution in [-0.2, 0) is 0 Å². The van der Waals surface area contributed by atoms with Crippen LogP contribution in [0.5, 0.6) is 0 Å². The average molecular weight is 112 g/mol. The largest absolute Gasteiger partial charge is 0.316 e. The summed E-state index contributed by atoms with van der Waals surface area (Å²) in [4.78, 5) is 2.65. The first-order valence-corrected chi connectivity index (χ1v) is 2.65. The fourth-order valence-corrected chi connectivity index (χ4v) is 0.630. The summed E-state index contributed by atoms with van der Waals surface area (Å²) in [6.45, 7) is 2.68. The van der Waals surface area contributed by atoms with Crippen molar-refractivity contribution in [1.82, 2.24) is 5.32 Å². The van der Waals surface area contributed by atoms with Crippen molar-refractivity contribution in [3.63, 3.8) is 0 Å². The third-order valence-corrected chi connectivity index (χ3v) is 1.27. The topological polar surface area (TPSA) is 60.8 Å². The number of nitrogens with one attached hydrogen (secondary N) is 1. The molecule has 1 rings (SSSR count). The molecule has 0 amide bonds. The van der Waals surface area contributed by atoms with Crippen molar-refractivity contribution in [2.45, 2.75) is 0 Å². The Hall–Kier alpha value is -0.730. The van der Waals surface area contributed by atoms with Gasteiger partial charge < -0.3 is 5.32 Å². The van der Waals surface area contributed by atoms with Crippen LogP contribution in [-0.4, -0.2) is 19.6 Å². The zero-order chi connectivity index (χ0) is 5.82. The third-order valence-electron chi connectivity index (χ3n) is 1.27. The lowest BCUT2D eigenvalue weighted by atomic mass is 10.1. The zero-order valence-corrected chi connectivity index (χ0v) is 4.54. The molecule has 4 nitrogen and oxygen atoms in total. The van der Waals surface area contributed by atoms with Crippen molar-refractivity contribution in [1.29, 1.82) is 0 Å². The normalized spacial score (nSPS) is 19.0. The SMILES string of the molecule is [N-]=[N+]=NCC1CNC1. The van der Waals surface area contributed by atoms with E-state index in [1.807, 2.05) is 0 Å². The molecule has 0 aromatic carbocycles. The van der Waals surface area contributed by atoms with Gasteiger partial charge in [-0.2, -0.15) is 0 Å². The Morgan fingerprint density at radius 3 is 2.88 bits per heavy atom. The van der Waals surface area contributed by atoms with E-state index in [4.69, 9.17) is 5.53 Å². The first-order chi connectivity index (χ1) is 3.93. The van der Waals surface area contributed by atoms with Gasteiger partial charge in [0.25, 0.3) is 0 Å². The minimum atomic E-state index is 0.603. The maximum absolute atomic E-state index is 7.87. The Kier molecular flexibility index (Phi) is 1.72. The second-order valence-electron chi connectivity index (χ2n) is 1.94. The van der Waals surface area contributed by atoms with Gasteiger partial charge in [-0.1, -0.05) is 5.11 Å². The summed E-state index contributed by atoms with van der Waals surface area (Å²) >= 11 is 0. The van der Waals surface area contributed by atoms with Gasteiger partial charge in [0.05, 0.1) is 0 Å². The monoisotopic (exact) mass is 112 g/mol. The molecule has 0 spiro atoms. The van der Waals surface area contributed by atoms with E-state index in [1.54, 1.807) is 0 Å². The van der Waals surface area contributed by atoms with Crippen molar-refractivity contribution in [3.8, 4) is 0 Å². The van der Waals surface area contributed by atoms with E-state index in [1.165, 1.54) is 0 Å². The van der Waals surface area contributed by atoms with Gasteiger partial charge in [0.1, 0.15) is 0 Å². The molecule has 1 heterocycles. The molecule has 0 bridgehead atoms. The Labute approximate surface area is 47.5 Å². The molecule has 0 aliphatic carbocycles. The summed E-state index contributed by atoms with van der Waals surface area (Å²) in [7, 11) is 0. The van der Waals surface area contributed by atoms with E-state index < -0.39 is 0 Å². The molecule has 0 unspecified atom stereocenters. The van der Waals surface area contributed by atoms with Gasteiger partial charge >= 0.3 is 0 Å². The van der Waals surface area contributed by atoms with Crippen LogP contribution in [0.25, 0.3) is 10.4 Å². The molecule has 1 saturated heterocycles. The van der Waals surface area contributed by atoms with E-state index in [9.17, 15) is 0 Å². The molecule has 1 N–H and O–H groups in total. The molecule has 8 heavy (non-hydrogen) atoms. The predicted molar refractivity (Wildman–Crippen MR) is 30.4 cm³/mol. The Morgan fingerprint density at radius 2 is 2.50 bits per heavy atom. The number of nitrogens with zero attached hydrogens (tertiary/aromatic N) is 3. The van der Waals surface area contributed by atoms with E-state index in [-0.39, 0.29) is 0 Å². The van der Waals surface area contributed by atoms with Crippen LogP contribution in [0.2, 0.25) is 0 Å². The van der Waals surface area contributed by atoms with Crippen LogP contribution < -0.4 is 5.32 Å². The molecule has 0 aromatic rings. The van der Waals surface area contributed by atoms with Crippen LogP contribution in [0.3, 0.4) is 0 Å². The van der Waals surface area contributed by atoms with Crippen molar-refractivity contribution in [2.24, 2.45) is 11.0 Å². The highest BCUT2D eigenvalue weighted by molar-refractivity contribution is 4.76. The summed E-state index contributed by atoms with van der Waals surface area (Å²) < 4.78 is 0. The molecular weight excluding hydrogens is 104 g/mol. The summed E-state index contributed by atoms with van der Waals surface area (Å²) in [5, 5.41) is 6.52. The average Bonchev–Trinajstić information content (AvgIpc) is 1.63. The first kappa shape index (κ1) is 5.41. The van der Waals surface area contributed by atoms with Gasteiger partial charge in [0.2, 0.25) is 0 Å². The quantitative estimate of drug-likeness (QED) is 0.316. The minimum absolute atomic E-state index is 0.603. The van der Waals surface area contributed by atoms with Crippen LogP contribution >= 0.6 is 0 Å². The van der Waals surface area contributed by atoms with Crippen molar-refractivity contribution < 1.29 is 0 Å². The highest BCUT2D eigenvalue weighted by Gasteiger charge is 2.14. The maximum atomic E-state index is 7.87. The molecule has 0 aromatic heterocycles. The molecular formula is C4H8N4. The summed E-state index contributed by atoms with van der Waals surface area (Å²) in [5.41, 5.74) is 7.87. The molecule has 4 heteroatoms. The molecule has 0 atom stereocenters. The second-order valence-corrected chi connectivity index (χ2v) is 1.94. The van der Waals surface area contributed by atoms with Crippen molar-refractivity contribution in [3.05, 3.63) is 10.4 Å². The Morgan fingerprint density at radius 1 is 1.75 bits per heavy atom. The lowest BCUT2D eigenvalue weighted by Gasteiger charge is -2.24. The minimum Gasteiger partial charge on any atom is -0.316 e.